The van der Waals surface area contributed by atoms with Crippen molar-refractivity contribution < 1.29 is 14.3 Å². The summed E-state index contributed by atoms with van der Waals surface area (Å²) in [7, 11) is 0. The molecule has 27 heavy (non-hydrogen) atoms. The molecule has 2 aromatic rings. The molecule has 1 N–H and O–H groups in total. The van der Waals surface area contributed by atoms with Gasteiger partial charge in [0, 0.05) is 5.69 Å². The van der Waals surface area contributed by atoms with Gasteiger partial charge in [0.25, 0.3) is 5.91 Å². The number of hydrogen-bond acceptors (Lipinski definition) is 3. The van der Waals surface area contributed by atoms with E-state index < -0.39 is 5.97 Å². The van der Waals surface area contributed by atoms with E-state index in [0.717, 1.165) is 19.3 Å². The number of rotatable bonds is 4. The third kappa shape index (κ3) is 4.97. The Morgan fingerprint density at radius 2 is 1.63 bits per heavy atom. The van der Waals surface area contributed by atoms with Crippen molar-refractivity contribution in [3.63, 3.8) is 0 Å². The molecular weight excluding hydrogens is 338 g/mol. The Balaban J connectivity index is 1.53. The van der Waals surface area contributed by atoms with E-state index in [1.165, 1.54) is 23.1 Å². The van der Waals surface area contributed by atoms with Crippen LogP contribution in [0.1, 0.15) is 60.7 Å². The summed E-state index contributed by atoms with van der Waals surface area (Å²) in [4.78, 5) is 24.3. The summed E-state index contributed by atoms with van der Waals surface area (Å²) < 4.78 is 5.18. The van der Waals surface area contributed by atoms with Gasteiger partial charge in [-0.25, -0.2) is 4.79 Å². The highest BCUT2D eigenvalue weighted by atomic mass is 16.5. The second-order valence-corrected chi connectivity index (χ2v) is 8.14. The molecule has 0 saturated heterocycles. The van der Waals surface area contributed by atoms with Crippen LogP contribution in [0.25, 0.3) is 0 Å². The molecule has 1 aliphatic rings. The van der Waals surface area contributed by atoms with Crippen molar-refractivity contribution in [1.82, 2.24) is 0 Å². The Hall–Kier alpha value is -2.62. The van der Waals surface area contributed by atoms with Crippen molar-refractivity contribution in [3.05, 3.63) is 64.7 Å². The third-order valence-electron chi connectivity index (χ3n) is 4.95. The molecule has 3 rings (SSSR count). The van der Waals surface area contributed by atoms with Crippen molar-refractivity contribution in [3.8, 4) is 0 Å². The van der Waals surface area contributed by atoms with Gasteiger partial charge in [-0.3, -0.25) is 4.79 Å². The topological polar surface area (TPSA) is 55.4 Å². The van der Waals surface area contributed by atoms with E-state index in [2.05, 4.69) is 26.1 Å². The number of anilines is 1. The maximum atomic E-state index is 12.2. The van der Waals surface area contributed by atoms with Crippen LogP contribution < -0.4 is 5.32 Å². The molecule has 142 valence electrons. The van der Waals surface area contributed by atoms with Gasteiger partial charge in [-0.05, 0) is 72.1 Å². The molecule has 1 amide bonds. The maximum Gasteiger partial charge on any atom is 0.338 e. The molecule has 4 nitrogen and oxygen atoms in total. The van der Waals surface area contributed by atoms with Crippen molar-refractivity contribution >= 4 is 17.6 Å². The highest BCUT2D eigenvalue weighted by molar-refractivity contribution is 5.95. The number of carbonyl (C=O) groups excluding carboxylic acids is 2. The predicted molar refractivity (Wildman–Crippen MR) is 107 cm³/mol. The molecule has 0 aromatic heterocycles. The zero-order valence-corrected chi connectivity index (χ0v) is 16.3. The zero-order chi connectivity index (χ0) is 19.4. The lowest BCUT2D eigenvalue weighted by molar-refractivity contribution is -0.119. The van der Waals surface area contributed by atoms with Gasteiger partial charge in [-0.2, -0.15) is 0 Å². The fourth-order valence-corrected chi connectivity index (χ4v) is 3.33. The Morgan fingerprint density at radius 1 is 0.963 bits per heavy atom. The summed E-state index contributed by atoms with van der Waals surface area (Å²) in [5.74, 6) is -0.800. The van der Waals surface area contributed by atoms with Gasteiger partial charge < -0.3 is 10.1 Å². The minimum absolute atomic E-state index is 0.0624. The minimum Gasteiger partial charge on any atom is -0.452 e. The Bertz CT molecular complexity index is 832. The van der Waals surface area contributed by atoms with E-state index in [1.54, 1.807) is 6.07 Å². The maximum absolute atomic E-state index is 12.2. The van der Waals surface area contributed by atoms with Crippen LogP contribution in [0, 0.1) is 0 Å². The lowest BCUT2D eigenvalue weighted by atomic mass is 9.87. The van der Waals surface area contributed by atoms with Crippen LogP contribution >= 0.6 is 0 Å². The summed E-state index contributed by atoms with van der Waals surface area (Å²) in [6.45, 7) is 6.12. The molecule has 2 aromatic carbocycles. The Kier molecular flexibility index (Phi) is 5.64. The molecule has 1 aliphatic carbocycles. The van der Waals surface area contributed by atoms with E-state index in [-0.39, 0.29) is 17.9 Å². The third-order valence-corrected chi connectivity index (χ3v) is 4.95. The minimum atomic E-state index is -0.457. The van der Waals surface area contributed by atoms with Crippen LogP contribution in [0.15, 0.2) is 42.5 Å². The fourth-order valence-electron chi connectivity index (χ4n) is 3.33. The molecule has 0 bridgehead atoms. The molecule has 0 aliphatic heterocycles. The van der Waals surface area contributed by atoms with Crippen LogP contribution in [0.2, 0.25) is 0 Å². The van der Waals surface area contributed by atoms with E-state index in [4.69, 9.17) is 4.74 Å². The highest BCUT2D eigenvalue weighted by Crippen LogP contribution is 2.24. The van der Waals surface area contributed by atoms with Crippen molar-refractivity contribution in [2.75, 3.05) is 11.9 Å². The van der Waals surface area contributed by atoms with Gasteiger partial charge in [-0.1, -0.05) is 39.0 Å². The normalized spacial score (nSPS) is 13.6. The lowest BCUT2D eigenvalue weighted by Crippen LogP contribution is -2.21. The lowest BCUT2D eigenvalue weighted by Gasteiger charge is -2.19. The van der Waals surface area contributed by atoms with Gasteiger partial charge in [0.1, 0.15) is 0 Å². The molecule has 0 radical (unpaired) electrons. The largest absolute Gasteiger partial charge is 0.452 e. The quantitative estimate of drug-likeness (QED) is 0.802. The molecule has 4 heteroatoms. The summed E-state index contributed by atoms with van der Waals surface area (Å²) in [5.41, 5.74) is 5.00. The number of benzene rings is 2. The molecule has 0 heterocycles. The Morgan fingerprint density at radius 3 is 2.30 bits per heavy atom. The van der Waals surface area contributed by atoms with E-state index >= 15 is 0 Å². The number of ether oxygens (including phenoxy) is 1. The SMILES string of the molecule is CC(C)(C)c1ccc(NC(=O)COC(=O)c2ccc3c(c2)CCCC3)cc1. The van der Waals surface area contributed by atoms with E-state index in [0.29, 0.717) is 11.3 Å². The monoisotopic (exact) mass is 365 g/mol. The van der Waals surface area contributed by atoms with Crippen LogP contribution in [-0.4, -0.2) is 18.5 Å². The second kappa shape index (κ2) is 7.95. The van der Waals surface area contributed by atoms with Crippen molar-refractivity contribution in [1.29, 1.82) is 0 Å². The standard InChI is InChI=1S/C23H27NO3/c1-23(2,3)19-10-12-20(13-11-19)24-21(25)15-27-22(26)18-9-8-16-6-4-5-7-17(16)14-18/h8-14H,4-7,15H2,1-3H3,(H,24,25). The number of hydrogen-bond donors (Lipinski definition) is 1. The number of carbonyl (C=O) groups is 2. The summed E-state index contributed by atoms with van der Waals surface area (Å²) in [5, 5.41) is 2.76. The first-order valence-electron chi connectivity index (χ1n) is 9.52. The molecular formula is C23H27NO3. The molecule has 0 spiro atoms. The highest BCUT2D eigenvalue weighted by Gasteiger charge is 2.16. The van der Waals surface area contributed by atoms with Crippen molar-refractivity contribution in [2.24, 2.45) is 0 Å². The second-order valence-electron chi connectivity index (χ2n) is 8.14. The van der Waals surface area contributed by atoms with Crippen molar-refractivity contribution in [2.45, 2.75) is 51.9 Å². The molecule has 0 unspecified atom stereocenters. The first-order chi connectivity index (χ1) is 12.8. The van der Waals surface area contributed by atoms with Gasteiger partial charge in [-0.15, -0.1) is 0 Å². The number of fused-ring (bicyclic) bond motifs is 1. The van der Waals surface area contributed by atoms with Crippen LogP contribution in [0.3, 0.4) is 0 Å². The zero-order valence-electron chi connectivity index (χ0n) is 16.3. The average Bonchev–Trinajstić information content (AvgIpc) is 2.65. The number of aryl methyl sites for hydroxylation is 2. The van der Waals surface area contributed by atoms with Gasteiger partial charge in [0.05, 0.1) is 5.56 Å². The van der Waals surface area contributed by atoms with Crippen LogP contribution in [0.4, 0.5) is 5.69 Å². The van der Waals surface area contributed by atoms with Crippen LogP contribution in [-0.2, 0) is 27.8 Å². The fraction of sp³-hybridized carbons (Fsp3) is 0.391. The average molecular weight is 365 g/mol. The number of amides is 1. The smallest absolute Gasteiger partial charge is 0.338 e. The Labute approximate surface area is 160 Å². The first-order valence-corrected chi connectivity index (χ1v) is 9.52. The van der Waals surface area contributed by atoms with Gasteiger partial charge in [0.15, 0.2) is 6.61 Å². The van der Waals surface area contributed by atoms with Gasteiger partial charge in [0.2, 0.25) is 0 Å². The van der Waals surface area contributed by atoms with Crippen LogP contribution in [0.5, 0.6) is 0 Å². The molecule has 0 atom stereocenters. The summed E-state index contributed by atoms with van der Waals surface area (Å²) in [6, 6.07) is 13.4. The molecule has 0 fully saturated rings. The van der Waals surface area contributed by atoms with E-state index in [9.17, 15) is 9.59 Å². The predicted octanol–water partition coefficient (Wildman–Crippen LogP) is 4.66. The number of esters is 1. The number of nitrogens with one attached hydrogen (secondary N) is 1. The summed E-state index contributed by atoms with van der Waals surface area (Å²) in [6.07, 6.45) is 4.43. The molecule has 0 saturated carbocycles. The summed E-state index contributed by atoms with van der Waals surface area (Å²) >= 11 is 0. The van der Waals surface area contributed by atoms with Gasteiger partial charge >= 0.3 is 5.97 Å². The first kappa shape index (κ1) is 19.2. The van der Waals surface area contributed by atoms with E-state index in [1.807, 2.05) is 36.4 Å².